The molecule has 0 radical (unpaired) electrons. The molecule has 1 aliphatic heterocycles. The smallest absolute Gasteiger partial charge is 0.266 e. The van der Waals surface area contributed by atoms with Crippen LogP contribution in [-0.2, 0) is 16.0 Å². The molecule has 8 heteroatoms. The Morgan fingerprint density at radius 1 is 1.06 bits per heavy atom. The number of carbonyl (C=O) groups excluding carboxylic acids is 2. The summed E-state index contributed by atoms with van der Waals surface area (Å²) in [6, 6.07) is 22.9. The summed E-state index contributed by atoms with van der Waals surface area (Å²) >= 11 is 6.74. The predicted molar refractivity (Wildman–Crippen MR) is 148 cm³/mol. The third kappa shape index (κ3) is 6.53. The molecule has 0 saturated carbocycles. The van der Waals surface area contributed by atoms with Crippen LogP contribution in [0.3, 0.4) is 0 Å². The molecule has 36 heavy (non-hydrogen) atoms. The fourth-order valence-electron chi connectivity index (χ4n) is 3.69. The summed E-state index contributed by atoms with van der Waals surface area (Å²) in [7, 11) is 1.53. The molecule has 4 rings (SSSR count). The van der Waals surface area contributed by atoms with E-state index in [9.17, 15) is 9.59 Å². The van der Waals surface area contributed by atoms with Gasteiger partial charge in [0, 0.05) is 12.2 Å². The molecule has 0 unspecified atom stereocenters. The maximum Gasteiger partial charge on any atom is 0.266 e. The van der Waals surface area contributed by atoms with E-state index in [2.05, 4.69) is 5.32 Å². The molecule has 2 amide bonds. The Kier molecular flexibility index (Phi) is 8.40. The number of ether oxygens (including phenoxy) is 2. The molecule has 1 N–H and O–H groups in total. The van der Waals surface area contributed by atoms with Crippen LogP contribution in [0.4, 0.5) is 5.69 Å². The second-order valence-electron chi connectivity index (χ2n) is 8.19. The summed E-state index contributed by atoms with van der Waals surface area (Å²) in [5, 5.41) is 2.81. The minimum Gasteiger partial charge on any atom is -0.493 e. The van der Waals surface area contributed by atoms with Crippen LogP contribution in [0.1, 0.15) is 16.7 Å². The highest BCUT2D eigenvalue weighted by Gasteiger charge is 2.31. The average Bonchev–Trinajstić information content (AvgIpc) is 3.14. The molecule has 1 heterocycles. The Bertz CT molecular complexity index is 1310. The number of thioether (sulfide) groups is 1. The van der Waals surface area contributed by atoms with Gasteiger partial charge in [-0.15, -0.1) is 0 Å². The van der Waals surface area contributed by atoms with Gasteiger partial charge in [0.15, 0.2) is 18.1 Å². The summed E-state index contributed by atoms with van der Waals surface area (Å²) < 4.78 is 11.7. The largest absolute Gasteiger partial charge is 0.493 e. The van der Waals surface area contributed by atoms with Crippen molar-refractivity contribution in [1.82, 2.24) is 4.90 Å². The number of nitrogens with one attached hydrogen (secondary N) is 1. The van der Waals surface area contributed by atoms with Crippen LogP contribution in [-0.4, -0.2) is 41.3 Å². The highest BCUT2D eigenvalue weighted by Crippen LogP contribution is 2.35. The van der Waals surface area contributed by atoms with Gasteiger partial charge in [0.25, 0.3) is 11.8 Å². The zero-order chi connectivity index (χ0) is 25.5. The van der Waals surface area contributed by atoms with Crippen molar-refractivity contribution in [3.8, 4) is 11.5 Å². The van der Waals surface area contributed by atoms with Crippen molar-refractivity contribution >= 4 is 51.9 Å². The Labute approximate surface area is 220 Å². The summed E-state index contributed by atoms with van der Waals surface area (Å²) in [4.78, 5) is 27.4. The normalized spacial score (nSPS) is 14.3. The number of thiocarbonyl (C=S) groups is 1. The minimum atomic E-state index is -0.272. The lowest BCUT2D eigenvalue weighted by molar-refractivity contribution is -0.122. The van der Waals surface area contributed by atoms with Crippen molar-refractivity contribution in [2.45, 2.75) is 13.3 Å². The van der Waals surface area contributed by atoms with Crippen molar-refractivity contribution in [3.05, 3.63) is 94.4 Å². The van der Waals surface area contributed by atoms with Crippen LogP contribution in [0, 0.1) is 6.92 Å². The molecular formula is C28H26N2O4S2. The Hall–Kier alpha value is -3.62. The standard InChI is InChI=1S/C28H26N2O4S2/c1-19-7-6-10-22(15-19)29-26(31)18-34-23-12-11-21(16-24(23)33-2)17-25-27(32)30(28(35)36-25)14-13-20-8-4-3-5-9-20/h3-12,15-17H,13-14,18H2,1-2H3,(H,29,31)/b25-17-. The molecule has 1 saturated heterocycles. The quantitative estimate of drug-likeness (QED) is 0.300. The fraction of sp³-hybridized carbons (Fsp3) is 0.179. The predicted octanol–water partition coefficient (Wildman–Crippen LogP) is 5.47. The van der Waals surface area contributed by atoms with Gasteiger partial charge in [-0.05, 0) is 60.4 Å². The molecular weight excluding hydrogens is 492 g/mol. The molecule has 3 aromatic carbocycles. The molecule has 0 atom stereocenters. The third-order valence-electron chi connectivity index (χ3n) is 5.49. The van der Waals surface area contributed by atoms with Crippen LogP contribution in [0.15, 0.2) is 77.7 Å². The van der Waals surface area contributed by atoms with Gasteiger partial charge in [-0.2, -0.15) is 0 Å². The van der Waals surface area contributed by atoms with Crippen molar-refractivity contribution < 1.29 is 19.1 Å². The maximum absolute atomic E-state index is 13.0. The molecule has 1 aliphatic rings. The van der Waals surface area contributed by atoms with Crippen molar-refractivity contribution in [1.29, 1.82) is 0 Å². The van der Waals surface area contributed by atoms with Gasteiger partial charge in [-0.3, -0.25) is 14.5 Å². The number of nitrogens with zero attached hydrogens (tertiary/aromatic N) is 1. The zero-order valence-electron chi connectivity index (χ0n) is 20.0. The van der Waals surface area contributed by atoms with Crippen LogP contribution < -0.4 is 14.8 Å². The van der Waals surface area contributed by atoms with Crippen molar-refractivity contribution in [2.75, 3.05) is 25.6 Å². The Morgan fingerprint density at radius 3 is 2.61 bits per heavy atom. The number of carbonyl (C=O) groups is 2. The lowest BCUT2D eigenvalue weighted by Gasteiger charge is -2.14. The first-order valence-electron chi connectivity index (χ1n) is 11.4. The first kappa shape index (κ1) is 25.5. The van der Waals surface area contributed by atoms with Crippen LogP contribution in [0.2, 0.25) is 0 Å². The van der Waals surface area contributed by atoms with E-state index in [1.165, 1.54) is 18.9 Å². The van der Waals surface area contributed by atoms with Crippen molar-refractivity contribution in [2.24, 2.45) is 0 Å². The van der Waals surface area contributed by atoms with Gasteiger partial charge in [-0.25, -0.2) is 0 Å². The number of hydrogen-bond donors (Lipinski definition) is 1. The summed E-state index contributed by atoms with van der Waals surface area (Å²) in [5.74, 6) is 0.523. The van der Waals surface area contributed by atoms with Crippen LogP contribution in [0.5, 0.6) is 11.5 Å². The first-order valence-corrected chi connectivity index (χ1v) is 12.6. The van der Waals surface area contributed by atoms with Gasteiger partial charge in [-0.1, -0.05) is 72.5 Å². The number of amides is 2. The van der Waals surface area contributed by atoms with E-state index < -0.39 is 0 Å². The summed E-state index contributed by atoms with van der Waals surface area (Å²) in [6.07, 6.45) is 2.52. The molecule has 0 bridgehead atoms. The van der Waals surface area contributed by atoms with Gasteiger partial charge >= 0.3 is 0 Å². The molecule has 3 aromatic rings. The van der Waals surface area contributed by atoms with E-state index in [1.54, 1.807) is 23.1 Å². The van der Waals surface area contributed by atoms with E-state index in [0.29, 0.717) is 33.0 Å². The number of benzene rings is 3. The Balaban J connectivity index is 1.38. The third-order valence-corrected chi connectivity index (χ3v) is 6.86. The topological polar surface area (TPSA) is 67.9 Å². The molecule has 1 fully saturated rings. The SMILES string of the molecule is COc1cc(/C=C2\SC(=S)N(CCc3ccccc3)C2=O)ccc1OCC(=O)Nc1cccc(C)c1. The lowest BCUT2D eigenvalue weighted by atomic mass is 10.1. The number of methoxy groups -OCH3 is 1. The summed E-state index contributed by atoms with van der Waals surface area (Å²) in [6.45, 7) is 2.33. The zero-order valence-corrected chi connectivity index (χ0v) is 21.7. The minimum absolute atomic E-state index is 0.104. The van der Waals surface area contributed by atoms with E-state index in [4.69, 9.17) is 21.7 Å². The number of hydrogen-bond acceptors (Lipinski definition) is 6. The van der Waals surface area contributed by atoms with Crippen LogP contribution in [0.25, 0.3) is 6.08 Å². The first-order chi connectivity index (χ1) is 17.4. The van der Waals surface area contributed by atoms with Crippen LogP contribution >= 0.6 is 24.0 Å². The summed E-state index contributed by atoms with van der Waals surface area (Å²) in [5.41, 5.74) is 3.70. The Morgan fingerprint density at radius 2 is 1.86 bits per heavy atom. The monoisotopic (exact) mass is 518 g/mol. The van der Waals surface area contributed by atoms with Gasteiger partial charge in [0.05, 0.1) is 12.0 Å². The number of rotatable bonds is 9. The molecule has 0 spiro atoms. The van der Waals surface area contributed by atoms with Gasteiger partial charge in [0.1, 0.15) is 4.32 Å². The maximum atomic E-state index is 13.0. The van der Waals surface area contributed by atoms with E-state index in [1.807, 2.05) is 67.6 Å². The average molecular weight is 519 g/mol. The molecule has 0 aliphatic carbocycles. The second-order valence-corrected chi connectivity index (χ2v) is 9.86. The van der Waals surface area contributed by atoms with E-state index in [-0.39, 0.29) is 18.4 Å². The highest BCUT2D eigenvalue weighted by atomic mass is 32.2. The lowest BCUT2D eigenvalue weighted by Crippen LogP contribution is -2.30. The highest BCUT2D eigenvalue weighted by molar-refractivity contribution is 8.26. The van der Waals surface area contributed by atoms with E-state index >= 15 is 0 Å². The molecule has 0 aromatic heterocycles. The van der Waals surface area contributed by atoms with E-state index in [0.717, 1.165) is 23.1 Å². The molecule has 184 valence electrons. The number of aryl methyl sites for hydroxylation is 1. The second kappa shape index (κ2) is 11.9. The van der Waals surface area contributed by atoms with Gasteiger partial charge < -0.3 is 14.8 Å². The van der Waals surface area contributed by atoms with Gasteiger partial charge in [0.2, 0.25) is 0 Å². The number of anilines is 1. The van der Waals surface area contributed by atoms with Crippen molar-refractivity contribution in [3.63, 3.8) is 0 Å². The molecule has 6 nitrogen and oxygen atoms in total. The fourth-order valence-corrected chi connectivity index (χ4v) is 4.99.